The third kappa shape index (κ3) is 3.78. The summed E-state index contributed by atoms with van der Waals surface area (Å²) < 4.78 is 14.5. The van der Waals surface area contributed by atoms with E-state index in [0.717, 1.165) is 35.3 Å². The molecule has 1 atom stereocenters. The van der Waals surface area contributed by atoms with Crippen LogP contribution < -0.4 is 5.32 Å². The molecule has 1 aromatic rings. The van der Waals surface area contributed by atoms with Crippen molar-refractivity contribution in [3.05, 3.63) is 34.1 Å². The van der Waals surface area contributed by atoms with Crippen molar-refractivity contribution in [3.63, 3.8) is 0 Å². The van der Waals surface area contributed by atoms with E-state index >= 15 is 0 Å². The van der Waals surface area contributed by atoms with Crippen LogP contribution in [-0.2, 0) is 6.42 Å². The molecule has 0 heterocycles. The second-order valence-corrected chi connectivity index (χ2v) is 5.69. The molecule has 1 saturated carbocycles. The van der Waals surface area contributed by atoms with Crippen molar-refractivity contribution < 1.29 is 4.39 Å². The maximum absolute atomic E-state index is 13.7. The second-order valence-electron chi connectivity index (χ2n) is 4.78. The zero-order chi connectivity index (χ0) is 12.3. The van der Waals surface area contributed by atoms with E-state index in [1.807, 2.05) is 12.1 Å². The summed E-state index contributed by atoms with van der Waals surface area (Å²) in [5.74, 6) is 0.735. The zero-order valence-corrected chi connectivity index (χ0v) is 11.8. The molecule has 1 aliphatic carbocycles. The quantitative estimate of drug-likeness (QED) is 0.840. The molecule has 0 amide bonds. The molecule has 1 unspecified atom stereocenters. The van der Waals surface area contributed by atoms with Crippen molar-refractivity contribution in [2.45, 2.75) is 38.6 Å². The van der Waals surface area contributed by atoms with Crippen LogP contribution in [0, 0.1) is 11.7 Å². The SMILES string of the molecule is CCNC(CCc1ccc(Br)cc1F)C1CC1. The summed E-state index contributed by atoms with van der Waals surface area (Å²) in [5, 5.41) is 3.51. The molecule has 3 heteroatoms. The topological polar surface area (TPSA) is 12.0 Å². The Labute approximate surface area is 111 Å². The number of hydrogen-bond donors (Lipinski definition) is 1. The van der Waals surface area contributed by atoms with E-state index in [9.17, 15) is 4.39 Å². The Morgan fingerprint density at radius 1 is 1.47 bits per heavy atom. The first-order chi connectivity index (χ1) is 8.20. The van der Waals surface area contributed by atoms with Crippen LogP contribution in [0.25, 0.3) is 0 Å². The highest BCUT2D eigenvalue weighted by Crippen LogP contribution is 2.34. The molecular formula is C14H19BrFN. The van der Waals surface area contributed by atoms with Gasteiger partial charge in [0.15, 0.2) is 0 Å². The Hall–Kier alpha value is -0.410. The van der Waals surface area contributed by atoms with Gasteiger partial charge in [-0.15, -0.1) is 0 Å². The molecule has 1 aliphatic rings. The largest absolute Gasteiger partial charge is 0.314 e. The average molecular weight is 300 g/mol. The van der Waals surface area contributed by atoms with Crippen LogP contribution in [-0.4, -0.2) is 12.6 Å². The molecule has 0 radical (unpaired) electrons. The summed E-state index contributed by atoms with van der Waals surface area (Å²) in [7, 11) is 0. The monoisotopic (exact) mass is 299 g/mol. The standard InChI is InChI=1S/C14H19BrFN/c1-2-17-14(11-3-4-11)8-6-10-5-7-12(15)9-13(10)16/h5,7,9,11,14,17H,2-4,6,8H2,1H3. The van der Waals surface area contributed by atoms with Crippen molar-refractivity contribution in [2.75, 3.05) is 6.54 Å². The van der Waals surface area contributed by atoms with Gasteiger partial charge in [-0.3, -0.25) is 0 Å². The molecule has 1 fully saturated rings. The van der Waals surface area contributed by atoms with Crippen LogP contribution in [0.3, 0.4) is 0 Å². The van der Waals surface area contributed by atoms with Crippen LogP contribution in [0.1, 0.15) is 31.7 Å². The first-order valence-electron chi connectivity index (χ1n) is 6.38. The number of aryl methyl sites for hydroxylation is 1. The number of halogens is 2. The van der Waals surface area contributed by atoms with Crippen LogP contribution in [0.15, 0.2) is 22.7 Å². The van der Waals surface area contributed by atoms with Gasteiger partial charge in [0.25, 0.3) is 0 Å². The van der Waals surface area contributed by atoms with Crippen molar-refractivity contribution >= 4 is 15.9 Å². The predicted octanol–water partition coefficient (Wildman–Crippen LogP) is 3.91. The van der Waals surface area contributed by atoms with Crippen LogP contribution in [0.5, 0.6) is 0 Å². The Balaban J connectivity index is 1.91. The lowest BCUT2D eigenvalue weighted by molar-refractivity contribution is 0.442. The molecule has 2 rings (SSSR count). The summed E-state index contributed by atoms with van der Waals surface area (Å²) in [6.07, 6.45) is 4.53. The van der Waals surface area contributed by atoms with E-state index in [1.54, 1.807) is 6.07 Å². The maximum Gasteiger partial charge on any atom is 0.127 e. The van der Waals surface area contributed by atoms with E-state index in [2.05, 4.69) is 28.2 Å². The van der Waals surface area contributed by atoms with Crippen LogP contribution in [0.2, 0.25) is 0 Å². The lowest BCUT2D eigenvalue weighted by atomic mass is 10.0. The predicted molar refractivity (Wildman–Crippen MR) is 72.6 cm³/mol. The minimum atomic E-state index is -0.0922. The van der Waals surface area contributed by atoms with Crippen molar-refractivity contribution in [1.29, 1.82) is 0 Å². The first-order valence-corrected chi connectivity index (χ1v) is 7.17. The molecule has 1 aromatic carbocycles. The van der Waals surface area contributed by atoms with Gasteiger partial charge < -0.3 is 5.32 Å². The molecule has 0 spiro atoms. The molecule has 0 aliphatic heterocycles. The van der Waals surface area contributed by atoms with E-state index < -0.39 is 0 Å². The lowest BCUT2D eigenvalue weighted by Gasteiger charge is -2.17. The average Bonchev–Trinajstić information content (AvgIpc) is 3.10. The molecule has 17 heavy (non-hydrogen) atoms. The summed E-state index contributed by atoms with van der Waals surface area (Å²) in [5.41, 5.74) is 0.830. The Kier molecular flexibility index (Phi) is 4.57. The molecule has 1 nitrogen and oxygen atoms in total. The molecule has 0 aromatic heterocycles. The first kappa shape index (κ1) is 13.0. The number of hydrogen-bond acceptors (Lipinski definition) is 1. The van der Waals surface area contributed by atoms with Crippen molar-refractivity contribution in [2.24, 2.45) is 5.92 Å². The van der Waals surface area contributed by atoms with Gasteiger partial charge in [-0.1, -0.05) is 28.9 Å². The van der Waals surface area contributed by atoms with Crippen molar-refractivity contribution in [1.82, 2.24) is 5.32 Å². The summed E-state index contributed by atoms with van der Waals surface area (Å²) in [6, 6.07) is 5.92. The Morgan fingerprint density at radius 2 is 2.24 bits per heavy atom. The van der Waals surface area contributed by atoms with Gasteiger partial charge in [0.05, 0.1) is 0 Å². The highest BCUT2D eigenvalue weighted by molar-refractivity contribution is 9.10. The van der Waals surface area contributed by atoms with Gasteiger partial charge in [0.2, 0.25) is 0 Å². The van der Waals surface area contributed by atoms with E-state index in [0.29, 0.717) is 6.04 Å². The van der Waals surface area contributed by atoms with Gasteiger partial charge >= 0.3 is 0 Å². The highest BCUT2D eigenvalue weighted by atomic mass is 79.9. The summed E-state index contributed by atoms with van der Waals surface area (Å²) >= 11 is 3.28. The fourth-order valence-electron chi connectivity index (χ4n) is 2.30. The van der Waals surface area contributed by atoms with E-state index in [4.69, 9.17) is 0 Å². The van der Waals surface area contributed by atoms with Crippen LogP contribution >= 0.6 is 15.9 Å². The fourth-order valence-corrected chi connectivity index (χ4v) is 2.63. The van der Waals surface area contributed by atoms with Gasteiger partial charge in [0.1, 0.15) is 5.82 Å². The highest BCUT2D eigenvalue weighted by Gasteiger charge is 2.30. The lowest BCUT2D eigenvalue weighted by Crippen LogP contribution is -2.31. The smallest absolute Gasteiger partial charge is 0.127 e. The maximum atomic E-state index is 13.7. The zero-order valence-electron chi connectivity index (χ0n) is 10.2. The summed E-state index contributed by atoms with van der Waals surface area (Å²) in [4.78, 5) is 0. The van der Waals surface area contributed by atoms with Gasteiger partial charge in [0, 0.05) is 10.5 Å². The molecular weight excluding hydrogens is 281 g/mol. The van der Waals surface area contributed by atoms with E-state index in [-0.39, 0.29) is 5.82 Å². The van der Waals surface area contributed by atoms with Crippen LogP contribution in [0.4, 0.5) is 4.39 Å². The minimum Gasteiger partial charge on any atom is -0.314 e. The number of rotatable bonds is 6. The second kappa shape index (κ2) is 5.96. The van der Waals surface area contributed by atoms with Gasteiger partial charge in [-0.05, 0) is 55.8 Å². The minimum absolute atomic E-state index is 0.0922. The van der Waals surface area contributed by atoms with E-state index in [1.165, 1.54) is 12.8 Å². The molecule has 0 saturated heterocycles. The fraction of sp³-hybridized carbons (Fsp3) is 0.571. The van der Waals surface area contributed by atoms with Gasteiger partial charge in [-0.25, -0.2) is 4.39 Å². The molecule has 1 N–H and O–H groups in total. The Bertz CT molecular complexity index is 376. The summed E-state index contributed by atoms with van der Waals surface area (Å²) in [6.45, 7) is 3.14. The molecule has 94 valence electrons. The third-order valence-corrected chi connectivity index (χ3v) is 3.89. The van der Waals surface area contributed by atoms with Crippen molar-refractivity contribution in [3.8, 4) is 0 Å². The normalized spacial score (nSPS) is 17.1. The third-order valence-electron chi connectivity index (χ3n) is 3.40. The number of nitrogens with one attached hydrogen (secondary N) is 1. The number of benzene rings is 1. The Morgan fingerprint density at radius 3 is 2.82 bits per heavy atom. The van der Waals surface area contributed by atoms with Gasteiger partial charge in [-0.2, -0.15) is 0 Å². The molecule has 0 bridgehead atoms.